The number of aliphatic hydroxyl groups is 1. The van der Waals surface area contributed by atoms with Gasteiger partial charge in [-0.05, 0) is 37.3 Å². The number of carboxylic acids is 1. The van der Waals surface area contributed by atoms with Crippen molar-refractivity contribution in [2.45, 2.75) is 31.5 Å². The maximum atomic E-state index is 11.9. The van der Waals surface area contributed by atoms with Crippen molar-refractivity contribution < 1.29 is 28.8 Å². The molecule has 11 heteroatoms. The summed E-state index contributed by atoms with van der Waals surface area (Å²) in [6.07, 6.45) is 2.99. The summed E-state index contributed by atoms with van der Waals surface area (Å²) in [4.78, 5) is 26.6. The van der Waals surface area contributed by atoms with E-state index in [1.807, 2.05) is 0 Å². The Hall–Kier alpha value is -3.70. The molecule has 3 aromatic heterocycles. The Morgan fingerprint density at radius 3 is 2.42 bits per heavy atom. The first-order valence-electron chi connectivity index (χ1n) is 9.38. The van der Waals surface area contributed by atoms with E-state index in [1.165, 1.54) is 31.6 Å². The minimum absolute atomic E-state index is 0.0244. The van der Waals surface area contributed by atoms with Gasteiger partial charge in [0.2, 0.25) is 0 Å². The normalized spacial score (nSPS) is 14.0. The second-order valence-corrected chi connectivity index (χ2v) is 7.00. The van der Waals surface area contributed by atoms with Crippen LogP contribution in [0.5, 0.6) is 0 Å². The fraction of sp³-hybridized carbons (Fsp3) is 0.300. The van der Waals surface area contributed by atoms with Gasteiger partial charge in [0.05, 0.1) is 24.1 Å². The molecule has 164 valence electrons. The highest BCUT2D eigenvalue weighted by Gasteiger charge is 2.36. The molecule has 4 N–H and O–H groups in total. The summed E-state index contributed by atoms with van der Waals surface area (Å²) in [7, 11) is 0. The molecule has 0 aliphatic rings. The lowest BCUT2D eigenvalue weighted by molar-refractivity contribution is -0.385. The Labute approximate surface area is 176 Å². The number of rotatable bonds is 11. The van der Waals surface area contributed by atoms with Gasteiger partial charge in [-0.3, -0.25) is 20.2 Å². The van der Waals surface area contributed by atoms with Gasteiger partial charge < -0.3 is 24.4 Å². The van der Waals surface area contributed by atoms with Crippen LogP contribution >= 0.6 is 0 Å². The number of aryl methyl sites for hydroxylation is 1. The maximum absolute atomic E-state index is 11.9. The number of nitro groups is 1. The molecule has 0 saturated heterocycles. The second-order valence-electron chi connectivity index (χ2n) is 7.00. The monoisotopic (exact) mass is 430 g/mol. The number of nitrogens with zero attached hydrogens (tertiary/aromatic N) is 2. The molecule has 2 atom stereocenters. The van der Waals surface area contributed by atoms with Gasteiger partial charge in [0.25, 0.3) is 5.69 Å². The Morgan fingerprint density at radius 2 is 1.90 bits per heavy atom. The molecule has 0 bridgehead atoms. The van der Waals surface area contributed by atoms with E-state index >= 15 is 0 Å². The average Bonchev–Trinajstić information content (AvgIpc) is 3.41. The third-order valence-electron chi connectivity index (χ3n) is 4.68. The molecule has 0 unspecified atom stereocenters. The number of carboxylic acid groups (broad SMARTS) is 1. The molecule has 3 rings (SSSR count). The zero-order valence-corrected chi connectivity index (χ0v) is 16.6. The molecule has 11 nitrogen and oxygen atoms in total. The highest BCUT2D eigenvalue weighted by Crippen LogP contribution is 2.23. The molecule has 0 spiro atoms. The number of aromatic nitrogens is 1. The predicted molar refractivity (Wildman–Crippen MR) is 108 cm³/mol. The molecular weight excluding hydrogens is 408 g/mol. The van der Waals surface area contributed by atoms with E-state index in [4.69, 9.17) is 8.83 Å². The van der Waals surface area contributed by atoms with E-state index in [-0.39, 0.29) is 30.0 Å². The van der Waals surface area contributed by atoms with E-state index in [0.717, 1.165) is 0 Å². The predicted octanol–water partition coefficient (Wildman–Crippen LogP) is 2.11. The third kappa shape index (κ3) is 5.47. The lowest BCUT2D eigenvalue weighted by atomic mass is 10.0. The summed E-state index contributed by atoms with van der Waals surface area (Å²) in [6, 6.07) is 8.21. The number of carbonyl (C=O) groups is 1. The van der Waals surface area contributed by atoms with Gasteiger partial charge in [-0.1, -0.05) is 0 Å². The first-order valence-corrected chi connectivity index (χ1v) is 9.38. The van der Waals surface area contributed by atoms with E-state index in [2.05, 4.69) is 15.6 Å². The van der Waals surface area contributed by atoms with Gasteiger partial charge in [0.1, 0.15) is 34.7 Å². The van der Waals surface area contributed by atoms with Crippen molar-refractivity contribution in [1.29, 1.82) is 0 Å². The van der Waals surface area contributed by atoms with Crippen LogP contribution in [0, 0.1) is 17.0 Å². The van der Waals surface area contributed by atoms with Crippen LogP contribution in [-0.2, 0) is 17.6 Å². The smallest absolute Gasteiger partial charge is 0.321 e. The molecule has 0 aliphatic carbocycles. The van der Waals surface area contributed by atoms with Crippen molar-refractivity contribution >= 4 is 17.5 Å². The van der Waals surface area contributed by atoms with Crippen LogP contribution in [0.4, 0.5) is 11.5 Å². The fourth-order valence-corrected chi connectivity index (χ4v) is 3.21. The van der Waals surface area contributed by atoms with Crippen LogP contribution in [0.25, 0.3) is 0 Å². The standard InChI is InChI=1S/C20H22N4O7/c1-13-17(24(28)29)6-7-18(21-13)23-20(12-25,11-15-5-3-9-31-15)22-16(19(26)27)10-14-4-2-8-30-14/h2-9,16,22,25H,10-12H2,1H3,(H,21,23)(H,26,27)/t16-,20-/m1/s1. The number of hydrogen-bond acceptors (Lipinski definition) is 9. The minimum atomic E-state index is -1.40. The van der Waals surface area contributed by atoms with Gasteiger partial charge in [-0.15, -0.1) is 0 Å². The summed E-state index contributed by atoms with van der Waals surface area (Å²) in [5, 5.41) is 37.0. The van der Waals surface area contributed by atoms with Crippen molar-refractivity contribution in [1.82, 2.24) is 10.3 Å². The molecule has 0 amide bonds. The van der Waals surface area contributed by atoms with E-state index in [1.54, 1.807) is 24.3 Å². The maximum Gasteiger partial charge on any atom is 0.321 e. The Kier molecular flexibility index (Phi) is 6.68. The van der Waals surface area contributed by atoms with Crippen LogP contribution in [-0.4, -0.2) is 44.4 Å². The molecule has 0 fully saturated rings. The van der Waals surface area contributed by atoms with Crippen molar-refractivity contribution in [3.63, 3.8) is 0 Å². The summed E-state index contributed by atoms with van der Waals surface area (Å²) in [6.45, 7) is 0.953. The third-order valence-corrected chi connectivity index (χ3v) is 4.68. The molecule has 0 aliphatic heterocycles. The number of hydrogen-bond donors (Lipinski definition) is 4. The zero-order valence-electron chi connectivity index (χ0n) is 16.6. The van der Waals surface area contributed by atoms with Crippen molar-refractivity contribution in [2.24, 2.45) is 0 Å². The molecule has 3 aromatic rings. The summed E-state index contributed by atoms with van der Waals surface area (Å²) in [5.41, 5.74) is -1.38. The Balaban J connectivity index is 1.92. The summed E-state index contributed by atoms with van der Waals surface area (Å²) < 4.78 is 10.6. The molecule has 3 heterocycles. The molecular formula is C20H22N4O7. The van der Waals surface area contributed by atoms with E-state index in [9.17, 15) is 25.1 Å². The SMILES string of the molecule is Cc1nc(N[C@@](CO)(Cc2ccco2)N[C@H](Cc2ccco2)C(=O)O)ccc1[N+](=O)[O-]. The number of nitrogens with one attached hydrogen (secondary N) is 2. The summed E-state index contributed by atoms with van der Waals surface area (Å²) >= 11 is 0. The Bertz CT molecular complexity index is 1020. The van der Waals surface area contributed by atoms with Gasteiger partial charge in [0.15, 0.2) is 0 Å². The number of anilines is 1. The molecule has 0 saturated carbocycles. The zero-order chi connectivity index (χ0) is 22.4. The van der Waals surface area contributed by atoms with Gasteiger partial charge in [-0.25, -0.2) is 4.98 Å². The number of aliphatic carboxylic acids is 1. The Morgan fingerprint density at radius 1 is 1.23 bits per heavy atom. The lowest BCUT2D eigenvalue weighted by Gasteiger charge is -2.36. The number of furan rings is 2. The highest BCUT2D eigenvalue weighted by molar-refractivity contribution is 5.74. The van der Waals surface area contributed by atoms with Crippen LogP contribution in [0.2, 0.25) is 0 Å². The van der Waals surface area contributed by atoms with Crippen LogP contribution in [0.1, 0.15) is 17.2 Å². The fourth-order valence-electron chi connectivity index (χ4n) is 3.21. The van der Waals surface area contributed by atoms with E-state index in [0.29, 0.717) is 11.5 Å². The summed E-state index contributed by atoms with van der Waals surface area (Å²) in [5.74, 6) is 0.00511. The van der Waals surface area contributed by atoms with Crippen LogP contribution in [0.3, 0.4) is 0 Å². The number of aliphatic hydroxyl groups excluding tert-OH is 1. The van der Waals surface area contributed by atoms with Gasteiger partial charge >= 0.3 is 5.97 Å². The molecule has 0 radical (unpaired) electrons. The second kappa shape index (κ2) is 9.41. The van der Waals surface area contributed by atoms with Crippen molar-refractivity contribution in [3.05, 3.63) is 76.3 Å². The minimum Gasteiger partial charge on any atom is -0.480 e. The van der Waals surface area contributed by atoms with Crippen molar-refractivity contribution in [3.8, 4) is 0 Å². The van der Waals surface area contributed by atoms with Gasteiger partial charge in [0, 0.05) is 18.9 Å². The topological polar surface area (TPSA) is 164 Å². The van der Waals surface area contributed by atoms with Gasteiger partial charge in [-0.2, -0.15) is 0 Å². The van der Waals surface area contributed by atoms with Crippen LogP contribution in [0.15, 0.2) is 57.8 Å². The lowest BCUT2D eigenvalue weighted by Crippen LogP contribution is -2.62. The first-order chi connectivity index (χ1) is 14.8. The van der Waals surface area contributed by atoms with Crippen molar-refractivity contribution in [2.75, 3.05) is 11.9 Å². The average molecular weight is 430 g/mol. The van der Waals surface area contributed by atoms with E-state index < -0.39 is 29.2 Å². The first kappa shape index (κ1) is 22.0. The molecule has 31 heavy (non-hydrogen) atoms. The molecule has 0 aromatic carbocycles. The van der Waals surface area contributed by atoms with Crippen LogP contribution < -0.4 is 10.6 Å². The highest BCUT2D eigenvalue weighted by atomic mass is 16.6. The number of pyridine rings is 1. The largest absolute Gasteiger partial charge is 0.480 e. The quantitative estimate of drug-likeness (QED) is 0.201.